The summed E-state index contributed by atoms with van der Waals surface area (Å²) < 4.78 is 32.8. The van der Waals surface area contributed by atoms with Gasteiger partial charge in [-0.1, -0.05) is 89.8 Å². The summed E-state index contributed by atoms with van der Waals surface area (Å²) in [6, 6.07) is 26.1. The highest BCUT2D eigenvalue weighted by molar-refractivity contribution is 5.77. The van der Waals surface area contributed by atoms with Gasteiger partial charge in [-0.3, -0.25) is 19.2 Å². The monoisotopic (exact) mass is 939 g/mol. The van der Waals surface area contributed by atoms with Gasteiger partial charge in [0.15, 0.2) is 0 Å². The van der Waals surface area contributed by atoms with Crippen molar-refractivity contribution in [2.45, 2.75) is 132 Å². The Morgan fingerprint density at radius 3 is 0.971 bits per heavy atom. The lowest BCUT2D eigenvalue weighted by molar-refractivity contribution is -0.149. The second-order valence-electron chi connectivity index (χ2n) is 17.0. The molecule has 0 aromatic heterocycles. The molecule has 0 amide bonds. The largest absolute Gasteiger partial charge is 0.492 e. The zero-order valence-corrected chi connectivity index (χ0v) is 41.9. The van der Waals surface area contributed by atoms with Crippen molar-refractivity contribution in [2.24, 2.45) is 23.7 Å². The number of nitrogens with two attached hydrogens (primary N) is 2. The van der Waals surface area contributed by atoms with Crippen molar-refractivity contribution in [3.05, 3.63) is 107 Å². The van der Waals surface area contributed by atoms with E-state index >= 15 is 0 Å². The van der Waals surface area contributed by atoms with Crippen LogP contribution < -0.4 is 30.4 Å². The second kappa shape index (κ2) is 31.1. The van der Waals surface area contributed by atoms with Gasteiger partial charge >= 0.3 is 23.9 Å². The van der Waals surface area contributed by atoms with E-state index in [-0.39, 0.29) is 47.5 Å². The first kappa shape index (κ1) is 56.3. The summed E-state index contributed by atoms with van der Waals surface area (Å²) >= 11 is 0. The maximum atomic E-state index is 12.9. The Hall–Kier alpha value is -6.04. The fourth-order valence-corrected chi connectivity index (χ4v) is 8.07. The summed E-state index contributed by atoms with van der Waals surface area (Å²) in [5.74, 6) is 0.662. The Morgan fingerprint density at radius 2 is 0.691 bits per heavy atom. The minimum Gasteiger partial charge on any atom is -0.492 e. The molecule has 0 aliphatic carbocycles. The average molecular weight is 939 g/mol. The minimum atomic E-state index is -0.264. The first-order valence-electron chi connectivity index (χ1n) is 24.8. The standard InChI is InChI=1S/2C28H39NO5/c2*1-5-9-22(27(30)33-8-4)17-20-11-14-24(15-12-20)34-28(31)23(10-6-2)18-21-13-16-26(32-7-3)25(29)19-21/h2*11-16,19,22-23H,5-10,17-18,29H2,1-4H3/t2*22-,23-/m00/s1. The van der Waals surface area contributed by atoms with Gasteiger partial charge in [0.1, 0.15) is 23.0 Å². The molecule has 0 fully saturated rings. The van der Waals surface area contributed by atoms with Crippen LogP contribution in [0.5, 0.6) is 23.0 Å². The average Bonchev–Trinajstić information content (AvgIpc) is 3.31. The Kier molecular flexibility index (Phi) is 25.7. The number of hydrogen-bond donors (Lipinski definition) is 2. The molecule has 372 valence electrons. The van der Waals surface area contributed by atoms with Crippen LogP contribution in [0.3, 0.4) is 0 Å². The molecule has 0 unspecified atom stereocenters. The Bertz CT molecular complexity index is 1970. The Morgan fingerprint density at radius 1 is 0.397 bits per heavy atom. The van der Waals surface area contributed by atoms with Gasteiger partial charge < -0.3 is 39.9 Å². The number of carbonyl (C=O) groups is 4. The number of anilines is 2. The lowest BCUT2D eigenvalue weighted by atomic mass is 9.94. The lowest BCUT2D eigenvalue weighted by Crippen LogP contribution is -2.23. The zero-order chi connectivity index (χ0) is 49.8. The molecule has 0 aliphatic heterocycles. The van der Waals surface area contributed by atoms with Gasteiger partial charge in [0.2, 0.25) is 0 Å². The van der Waals surface area contributed by atoms with E-state index < -0.39 is 0 Å². The van der Waals surface area contributed by atoms with Gasteiger partial charge in [0.25, 0.3) is 0 Å². The van der Waals surface area contributed by atoms with Crippen LogP contribution in [-0.4, -0.2) is 50.3 Å². The van der Waals surface area contributed by atoms with Crippen molar-refractivity contribution in [1.29, 1.82) is 0 Å². The van der Waals surface area contributed by atoms with Crippen molar-refractivity contribution >= 4 is 35.3 Å². The van der Waals surface area contributed by atoms with Crippen molar-refractivity contribution in [3.63, 3.8) is 0 Å². The summed E-state index contributed by atoms with van der Waals surface area (Å²) in [6.07, 6.45) is 8.92. The number of carbonyl (C=O) groups excluding carboxylic acids is 4. The summed E-state index contributed by atoms with van der Waals surface area (Å²) in [4.78, 5) is 50.3. The second-order valence-corrected chi connectivity index (χ2v) is 17.0. The number of hydrogen-bond acceptors (Lipinski definition) is 12. The molecule has 4 aromatic carbocycles. The first-order valence-corrected chi connectivity index (χ1v) is 24.8. The van der Waals surface area contributed by atoms with Crippen LogP contribution in [0.15, 0.2) is 84.9 Å². The van der Waals surface area contributed by atoms with Crippen molar-refractivity contribution < 1.29 is 47.6 Å². The lowest BCUT2D eigenvalue weighted by Gasteiger charge is -2.17. The molecule has 4 rings (SSSR count). The molecule has 0 aliphatic rings. The third-order valence-electron chi connectivity index (χ3n) is 11.4. The van der Waals surface area contributed by atoms with E-state index in [0.29, 0.717) is 86.5 Å². The maximum Gasteiger partial charge on any atom is 0.314 e. The summed E-state index contributed by atoms with van der Waals surface area (Å²) in [5, 5.41) is 0. The van der Waals surface area contributed by atoms with E-state index in [0.717, 1.165) is 73.6 Å². The SMILES string of the molecule is CCC[C@@H](Cc1ccc(OC(=O)[C@@H](CCC)Cc2ccc(OCC)c(N)c2)cc1)C(=O)OCC.CCC[C@@H](Cc1ccc(OC(=O)[C@@H](CCC)Cc2ccc(OCC)c(N)c2)cc1)C(=O)OCC. The predicted molar refractivity (Wildman–Crippen MR) is 270 cm³/mol. The maximum absolute atomic E-state index is 12.9. The summed E-state index contributed by atoms with van der Waals surface area (Å²) in [5.41, 5.74) is 17.3. The van der Waals surface area contributed by atoms with E-state index in [4.69, 9.17) is 39.9 Å². The number of nitrogen functional groups attached to an aromatic ring is 2. The Balaban J connectivity index is 0.000000360. The molecule has 12 nitrogen and oxygen atoms in total. The molecular formula is C56H78N2O10. The molecule has 68 heavy (non-hydrogen) atoms. The number of ether oxygens (including phenoxy) is 6. The van der Waals surface area contributed by atoms with Crippen molar-refractivity contribution in [1.82, 2.24) is 0 Å². The normalized spacial score (nSPS) is 12.6. The summed E-state index contributed by atoms with van der Waals surface area (Å²) in [7, 11) is 0. The van der Waals surface area contributed by atoms with Crippen LogP contribution in [0.2, 0.25) is 0 Å². The molecule has 12 heteroatoms. The van der Waals surface area contributed by atoms with Crippen LogP contribution in [0.25, 0.3) is 0 Å². The smallest absolute Gasteiger partial charge is 0.314 e. The van der Waals surface area contributed by atoms with Crippen LogP contribution in [-0.2, 0) is 54.3 Å². The van der Waals surface area contributed by atoms with Crippen molar-refractivity contribution in [3.8, 4) is 23.0 Å². The van der Waals surface area contributed by atoms with Crippen LogP contribution in [0, 0.1) is 23.7 Å². The topological polar surface area (TPSA) is 176 Å². The third kappa shape index (κ3) is 19.3. The van der Waals surface area contributed by atoms with E-state index in [1.54, 1.807) is 24.3 Å². The van der Waals surface area contributed by atoms with Gasteiger partial charge in [0, 0.05) is 0 Å². The molecule has 0 saturated heterocycles. The van der Waals surface area contributed by atoms with Crippen LogP contribution in [0.4, 0.5) is 11.4 Å². The molecule has 0 radical (unpaired) electrons. The number of esters is 4. The first-order chi connectivity index (χ1) is 32.8. The van der Waals surface area contributed by atoms with Gasteiger partial charge in [-0.15, -0.1) is 0 Å². The molecule has 4 N–H and O–H groups in total. The van der Waals surface area contributed by atoms with Gasteiger partial charge in [-0.25, -0.2) is 0 Å². The van der Waals surface area contributed by atoms with Crippen LogP contribution >= 0.6 is 0 Å². The number of rotatable bonds is 28. The molecule has 4 aromatic rings. The van der Waals surface area contributed by atoms with E-state index in [1.807, 2.05) is 88.4 Å². The quantitative estimate of drug-likeness (QED) is 0.0314. The molecule has 0 spiro atoms. The van der Waals surface area contributed by atoms with E-state index in [1.165, 1.54) is 0 Å². The van der Waals surface area contributed by atoms with Crippen LogP contribution in [0.1, 0.15) is 129 Å². The summed E-state index contributed by atoms with van der Waals surface area (Å²) in [6.45, 7) is 17.6. The Labute approximate surface area is 405 Å². The fraction of sp³-hybridized carbons (Fsp3) is 0.500. The predicted octanol–water partition coefficient (Wildman–Crippen LogP) is 11.5. The fourth-order valence-electron chi connectivity index (χ4n) is 8.07. The van der Waals surface area contributed by atoms with Gasteiger partial charge in [-0.05, 0) is 150 Å². The highest BCUT2D eigenvalue weighted by Gasteiger charge is 2.24. The molecule has 0 saturated carbocycles. The van der Waals surface area contributed by atoms with Crippen molar-refractivity contribution in [2.75, 3.05) is 37.9 Å². The number of benzene rings is 4. The highest BCUT2D eigenvalue weighted by Crippen LogP contribution is 2.28. The minimum absolute atomic E-state index is 0.155. The molecule has 0 heterocycles. The highest BCUT2D eigenvalue weighted by atomic mass is 16.5. The zero-order valence-electron chi connectivity index (χ0n) is 41.9. The molecular weight excluding hydrogens is 861 g/mol. The molecule has 0 bridgehead atoms. The molecule has 4 atom stereocenters. The van der Waals surface area contributed by atoms with Gasteiger partial charge in [-0.2, -0.15) is 0 Å². The van der Waals surface area contributed by atoms with E-state index in [2.05, 4.69) is 27.7 Å². The van der Waals surface area contributed by atoms with E-state index in [9.17, 15) is 19.2 Å². The van der Waals surface area contributed by atoms with Gasteiger partial charge in [0.05, 0.1) is 61.5 Å². The third-order valence-corrected chi connectivity index (χ3v) is 11.4.